The molecule has 0 saturated carbocycles. The summed E-state index contributed by atoms with van der Waals surface area (Å²) < 4.78 is 23.5. The monoisotopic (exact) mass is 497 g/mol. The van der Waals surface area contributed by atoms with Crippen LogP contribution >= 0.6 is 23.4 Å². The molecule has 34 heavy (non-hydrogen) atoms. The van der Waals surface area contributed by atoms with Crippen LogP contribution in [0.5, 0.6) is 11.5 Å². The average Bonchev–Trinajstić information content (AvgIpc) is 3.09. The molecule has 9 heteroatoms. The standard InChI is InChI=1S/C25H17ClFNO5S/c1-32-19-9-5-17(6-10-19)24(30)33-21-11-4-16(12-20(21)26)13-22-23(29)28(25(31)34-22)14-15-2-7-18(27)8-3-15/h2-13H,14H2,1H3/b22-13-. The zero-order chi connectivity index (χ0) is 24.2. The molecule has 3 aromatic carbocycles. The minimum atomic E-state index is -0.584. The minimum Gasteiger partial charge on any atom is -0.497 e. The predicted molar refractivity (Wildman–Crippen MR) is 127 cm³/mol. The van der Waals surface area contributed by atoms with E-state index in [-0.39, 0.29) is 22.2 Å². The molecule has 1 heterocycles. The van der Waals surface area contributed by atoms with Crippen molar-refractivity contribution in [2.45, 2.75) is 6.54 Å². The van der Waals surface area contributed by atoms with Gasteiger partial charge in [0.25, 0.3) is 11.1 Å². The number of halogens is 2. The lowest BCUT2D eigenvalue weighted by Crippen LogP contribution is -2.27. The highest BCUT2D eigenvalue weighted by Gasteiger charge is 2.35. The lowest BCUT2D eigenvalue weighted by molar-refractivity contribution is -0.123. The van der Waals surface area contributed by atoms with Crippen LogP contribution in [0.4, 0.5) is 9.18 Å². The van der Waals surface area contributed by atoms with E-state index in [0.29, 0.717) is 22.4 Å². The van der Waals surface area contributed by atoms with Crippen LogP contribution in [0.1, 0.15) is 21.5 Å². The van der Waals surface area contributed by atoms with Crippen molar-refractivity contribution in [1.82, 2.24) is 4.90 Å². The summed E-state index contributed by atoms with van der Waals surface area (Å²) in [5, 5.41) is -0.252. The molecule has 0 N–H and O–H groups in total. The zero-order valence-corrected chi connectivity index (χ0v) is 19.4. The Hall–Kier alpha value is -3.62. The normalized spacial score (nSPS) is 14.6. The molecule has 6 nitrogen and oxygen atoms in total. The van der Waals surface area contributed by atoms with Gasteiger partial charge >= 0.3 is 5.97 Å². The van der Waals surface area contributed by atoms with Gasteiger partial charge in [0, 0.05) is 0 Å². The molecule has 1 saturated heterocycles. The van der Waals surface area contributed by atoms with Gasteiger partial charge in [-0.3, -0.25) is 14.5 Å². The van der Waals surface area contributed by atoms with E-state index in [1.807, 2.05) is 0 Å². The van der Waals surface area contributed by atoms with Crippen LogP contribution in [0, 0.1) is 5.82 Å². The number of methoxy groups -OCH3 is 1. The fourth-order valence-corrected chi connectivity index (χ4v) is 4.20. The molecule has 0 radical (unpaired) electrons. The van der Waals surface area contributed by atoms with Crippen LogP contribution in [-0.4, -0.2) is 29.1 Å². The van der Waals surface area contributed by atoms with Gasteiger partial charge < -0.3 is 9.47 Å². The average molecular weight is 498 g/mol. The third kappa shape index (κ3) is 5.30. The van der Waals surface area contributed by atoms with Crippen molar-refractivity contribution in [3.8, 4) is 11.5 Å². The number of thioether (sulfide) groups is 1. The fourth-order valence-electron chi connectivity index (χ4n) is 3.14. The molecule has 1 aliphatic rings. The van der Waals surface area contributed by atoms with E-state index in [1.165, 1.54) is 49.6 Å². The van der Waals surface area contributed by atoms with Gasteiger partial charge in [-0.2, -0.15) is 0 Å². The van der Waals surface area contributed by atoms with Crippen LogP contribution in [0.25, 0.3) is 6.08 Å². The Morgan fingerprint density at radius 2 is 1.76 bits per heavy atom. The van der Waals surface area contributed by atoms with Crippen LogP contribution < -0.4 is 9.47 Å². The first-order valence-corrected chi connectivity index (χ1v) is 11.2. The number of ether oxygens (including phenoxy) is 2. The molecule has 0 aliphatic carbocycles. The SMILES string of the molecule is COc1ccc(C(=O)Oc2ccc(/C=C3\SC(=O)N(Cc4ccc(F)cc4)C3=O)cc2Cl)cc1. The van der Waals surface area contributed by atoms with Gasteiger partial charge in [0.05, 0.1) is 29.1 Å². The maximum Gasteiger partial charge on any atom is 0.343 e. The molecule has 0 atom stereocenters. The lowest BCUT2D eigenvalue weighted by Gasteiger charge is -2.12. The second kappa shape index (κ2) is 10.1. The number of carbonyl (C=O) groups is 3. The first-order valence-electron chi connectivity index (χ1n) is 9.99. The molecular weight excluding hydrogens is 481 g/mol. The van der Waals surface area contributed by atoms with Gasteiger partial charge in [0.15, 0.2) is 0 Å². The van der Waals surface area contributed by atoms with Crippen molar-refractivity contribution < 1.29 is 28.2 Å². The van der Waals surface area contributed by atoms with Crippen LogP contribution in [0.2, 0.25) is 5.02 Å². The van der Waals surface area contributed by atoms with Crippen molar-refractivity contribution in [2.24, 2.45) is 0 Å². The summed E-state index contributed by atoms with van der Waals surface area (Å²) in [5.41, 5.74) is 1.52. The number of esters is 1. The lowest BCUT2D eigenvalue weighted by atomic mass is 10.2. The highest BCUT2D eigenvalue weighted by molar-refractivity contribution is 8.18. The maximum absolute atomic E-state index is 13.1. The van der Waals surface area contributed by atoms with E-state index in [9.17, 15) is 18.8 Å². The van der Waals surface area contributed by atoms with Gasteiger partial charge in [-0.05, 0) is 77.5 Å². The maximum atomic E-state index is 13.1. The van der Waals surface area contributed by atoms with Gasteiger partial charge in [0.2, 0.25) is 0 Å². The number of nitrogens with zero attached hydrogens (tertiary/aromatic N) is 1. The molecule has 3 aromatic rings. The molecule has 2 amide bonds. The Balaban J connectivity index is 1.46. The van der Waals surface area contributed by atoms with Crippen molar-refractivity contribution in [3.05, 3.63) is 99.2 Å². The van der Waals surface area contributed by atoms with E-state index in [0.717, 1.165) is 16.7 Å². The highest BCUT2D eigenvalue weighted by atomic mass is 35.5. The third-order valence-corrected chi connectivity index (χ3v) is 6.11. The molecule has 0 aromatic heterocycles. The van der Waals surface area contributed by atoms with Gasteiger partial charge in [0.1, 0.15) is 17.3 Å². The summed E-state index contributed by atoms with van der Waals surface area (Å²) in [6.07, 6.45) is 1.54. The zero-order valence-electron chi connectivity index (χ0n) is 17.8. The van der Waals surface area contributed by atoms with E-state index < -0.39 is 22.9 Å². The Kier molecular flexibility index (Phi) is 7.00. The predicted octanol–water partition coefficient (Wildman–Crippen LogP) is 5.94. The van der Waals surface area contributed by atoms with Gasteiger partial charge in [-0.15, -0.1) is 0 Å². The summed E-state index contributed by atoms with van der Waals surface area (Å²) in [5.74, 6) is -0.664. The second-order valence-corrected chi connectivity index (χ2v) is 8.60. The summed E-state index contributed by atoms with van der Waals surface area (Å²) in [6, 6.07) is 16.7. The molecule has 172 valence electrons. The van der Waals surface area contributed by atoms with Gasteiger partial charge in [-0.25, -0.2) is 9.18 Å². The molecule has 1 fully saturated rings. The topological polar surface area (TPSA) is 72.9 Å². The number of rotatable bonds is 6. The number of hydrogen-bond donors (Lipinski definition) is 0. The summed E-state index contributed by atoms with van der Waals surface area (Å²) in [7, 11) is 1.53. The second-order valence-electron chi connectivity index (χ2n) is 7.20. The number of hydrogen-bond acceptors (Lipinski definition) is 6. The number of carbonyl (C=O) groups excluding carboxylic acids is 3. The van der Waals surface area contributed by atoms with Gasteiger partial charge in [-0.1, -0.05) is 29.8 Å². The van der Waals surface area contributed by atoms with E-state index >= 15 is 0 Å². The van der Waals surface area contributed by atoms with Crippen molar-refractivity contribution in [1.29, 1.82) is 0 Å². The first kappa shape index (κ1) is 23.5. The Labute approximate surface area is 203 Å². The Morgan fingerprint density at radius 1 is 1.06 bits per heavy atom. The largest absolute Gasteiger partial charge is 0.497 e. The van der Waals surface area contributed by atoms with E-state index in [4.69, 9.17) is 21.1 Å². The van der Waals surface area contributed by atoms with Crippen molar-refractivity contribution >= 4 is 46.6 Å². The molecule has 1 aliphatic heterocycles. The molecular formula is C25H17ClFNO5S. The fraction of sp³-hybridized carbons (Fsp3) is 0.0800. The molecule has 0 unspecified atom stereocenters. The van der Waals surface area contributed by atoms with Crippen LogP contribution in [-0.2, 0) is 11.3 Å². The highest BCUT2D eigenvalue weighted by Crippen LogP contribution is 2.35. The molecule has 0 spiro atoms. The Bertz CT molecular complexity index is 1290. The number of imide groups is 1. The summed E-state index contributed by atoms with van der Waals surface area (Å²) >= 11 is 7.09. The molecule has 4 rings (SSSR count). The third-order valence-electron chi connectivity index (χ3n) is 4.91. The van der Waals surface area contributed by atoms with Crippen molar-refractivity contribution in [3.63, 3.8) is 0 Å². The van der Waals surface area contributed by atoms with Crippen molar-refractivity contribution in [2.75, 3.05) is 7.11 Å². The minimum absolute atomic E-state index is 0.0449. The van der Waals surface area contributed by atoms with E-state index in [1.54, 1.807) is 30.3 Å². The smallest absolute Gasteiger partial charge is 0.343 e. The van der Waals surface area contributed by atoms with Crippen LogP contribution in [0.15, 0.2) is 71.6 Å². The number of benzene rings is 3. The first-order chi connectivity index (χ1) is 16.3. The van der Waals surface area contributed by atoms with Crippen LogP contribution in [0.3, 0.4) is 0 Å². The summed E-state index contributed by atoms with van der Waals surface area (Å²) in [4.78, 5) is 38.7. The summed E-state index contributed by atoms with van der Waals surface area (Å²) in [6.45, 7) is 0.0449. The molecule has 0 bridgehead atoms. The Morgan fingerprint density at radius 3 is 2.41 bits per heavy atom. The quantitative estimate of drug-likeness (QED) is 0.238. The van der Waals surface area contributed by atoms with E-state index in [2.05, 4.69) is 0 Å². The number of amides is 2.